The second-order valence-corrected chi connectivity index (χ2v) is 4.09. The Hall–Kier alpha value is 0.270. The molecule has 0 bridgehead atoms. The number of fused-ring (bicyclic) bond motifs is 1. The number of piperidine rings is 2. The lowest BCUT2D eigenvalue weighted by atomic mass is 9.91. The van der Waals surface area contributed by atoms with Crippen LogP contribution in [0.25, 0.3) is 0 Å². The molecule has 2 unspecified atom stereocenters. The summed E-state index contributed by atoms with van der Waals surface area (Å²) in [6.07, 6.45) is 5.30. The normalized spacial score (nSPS) is 40.1. The van der Waals surface area contributed by atoms with Gasteiger partial charge in [0.15, 0.2) is 0 Å². The van der Waals surface area contributed by atoms with E-state index in [4.69, 9.17) is 0 Å². The van der Waals surface area contributed by atoms with Crippen molar-refractivity contribution in [1.82, 2.24) is 9.62 Å². The lowest BCUT2D eigenvalue weighted by molar-refractivity contribution is 0.175. The molecular formula is C8H16N2S. The van der Waals surface area contributed by atoms with E-state index in [0.717, 1.165) is 6.04 Å². The first-order valence-corrected chi connectivity index (χ1v) is 4.97. The molecule has 0 aliphatic carbocycles. The zero-order valence-electron chi connectivity index (χ0n) is 6.79. The summed E-state index contributed by atoms with van der Waals surface area (Å²) in [5.41, 5.74) is 0. The van der Waals surface area contributed by atoms with Gasteiger partial charge in [0.25, 0.3) is 0 Å². The van der Waals surface area contributed by atoms with Crippen molar-refractivity contribution in [2.24, 2.45) is 0 Å². The van der Waals surface area contributed by atoms with E-state index in [2.05, 4.69) is 22.4 Å². The summed E-state index contributed by atoms with van der Waals surface area (Å²) in [5, 5.41) is 3.56. The highest BCUT2D eigenvalue weighted by atomic mass is 32.1. The third kappa shape index (κ3) is 1.55. The Kier molecular flexibility index (Phi) is 2.39. The summed E-state index contributed by atoms with van der Waals surface area (Å²) in [5.74, 6) is 0. The van der Waals surface area contributed by atoms with Gasteiger partial charge in [-0.25, -0.2) is 4.31 Å². The van der Waals surface area contributed by atoms with Gasteiger partial charge in [-0.1, -0.05) is 12.8 Å². The molecule has 2 aliphatic rings. The highest BCUT2D eigenvalue weighted by molar-refractivity contribution is 7.77. The van der Waals surface area contributed by atoms with Crippen molar-refractivity contribution in [3.05, 3.63) is 0 Å². The number of nitrogens with zero attached hydrogens (tertiary/aromatic N) is 1. The summed E-state index contributed by atoms with van der Waals surface area (Å²) < 4.78 is 2.22. The minimum absolute atomic E-state index is 0.709. The van der Waals surface area contributed by atoms with Crippen LogP contribution in [-0.4, -0.2) is 29.5 Å². The quantitative estimate of drug-likeness (QED) is 0.531. The minimum Gasteiger partial charge on any atom is -0.312 e. The van der Waals surface area contributed by atoms with Crippen LogP contribution in [0.1, 0.15) is 25.7 Å². The first-order valence-electron chi connectivity index (χ1n) is 4.57. The predicted octanol–water partition coefficient (Wildman–Crippen LogP) is 1.05. The van der Waals surface area contributed by atoms with Gasteiger partial charge >= 0.3 is 0 Å². The second-order valence-electron chi connectivity index (χ2n) is 3.58. The van der Waals surface area contributed by atoms with Crippen molar-refractivity contribution in [3.8, 4) is 0 Å². The van der Waals surface area contributed by atoms with Gasteiger partial charge in [-0.2, -0.15) is 0 Å². The molecule has 0 spiro atoms. The molecule has 0 aromatic carbocycles. The van der Waals surface area contributed by atoms with Crippen LogP contribution in [0.4, 0.5) is 0 Å². The third-order valence-corrected chi connectivity index (χ3v) is 3.33. The van der Waals surface area contributed by atoms with E-state index < -0.39 is 0 Å². The first kappa shape index (κ1) is 7.90. The highest BCUT2D eigenvalue weighted by Gasteiger charge is 2.31. The smallest absolute Gasteiger partial charge is 0.0354 e. The summed E-state index contributed by atoms with van der Waals surface area (Å²) in [6.45, 7) is 2.38. The molecule has 0 aromatic heterocycles. The van der Waals surface area contributed by atoms with Crippen LogP contribution in [-0.2, 0) is 0 Å². The molecule has 1 N–H and O–H groups in total. The molecule has 2 aliphatic heterocycles. The maximum absolute atomic E-state index is 4.48. The number of rotatable bonds is 0. The van der Waals surface area contributed by atoms with Crippen molar-refractivity contribution >= 4 is 12.8 Å². The van der Waals surface area contributed by atoms with Crippen LogP contribution >= 0.6 is 12.8 Å². The van der Waals surface area contributed by atoms with Gasteiger partial charge in [0, 0.05) is 18.6 Å². The molecule has 0 saturated carbocycles. The van der Waals surface area contributed by atoms with Crippen molar-refractivity contribution < 1.29 is 0 Å². The molecule has 11 heavy (non-hydrogen) atoms. The van der Waals surface area contributed by atoms with Crippen LogP contribution in [0.3, 0.4) is 0 Å². The first-order chi connectivity index (χ1) is 5.38. The maximum Gasteiger partial charge on any atom is 0.0354 e. The molecule has 64 valence electrons. The van der Waals surface area contributed by atoms with E-state index in [1.807, 2.05) is 0 Å². The van der Waals surface area contributed by atoms with Crippen LogP contribution in [0, 0.1) is 0 Å². The third-order valence-electron chi connectivity index (χ3n) is 2.83. The molecule has 2 atom stereocenters. The summed E-state index contributed by atoms with van der Waals surface area (Å²) in [6, 6.07) is 1.44. The van der Waals surface area contributed by atoms with Crippen molar-refractivity contribution in [2.45, 2.75) is 37.8 Å². The Morgan fingerprint density at radius 1 is 1.27 bits per heavy atom. The summed E-state index contributed by atoms with van der Waals surface area (Å²) >= 11 is 4.48. The van der Waals surface area contributed by atoms with Crippen molar-refractivity contribution in [3.63, 3.8) is 0 Å². The monoisotopic (exact) mass is 172 g/mol. The van der Waals surface area contributed by atoms with Crippen molar-refractivity contribution in [1.29, 1.82) is 0 Å². The molecule has 2 fully saturated rings. The van der Waals surface area contributed by atoms with Gasteiger partial charge in [0.05, 0.1) is 0 Å². The topological polar surface area (TPSA) is 15.3 Å². The van der Waals surface area contributed by atoms with E-state index >= 15 is 0 Å². The standard InChI is InChI=1S/C8H16N2S/c11-10-6-2-3-7-8(10)4-1-5-9-7/h7-9,11H,1-6H2. The van der Waals surface area contributed by atoms with Crippen LogP contribution in [0.2, 0.25) is 0 Å². The van der Waals surface area contributed by atoms with Gasteiger partial charge in [-0.05, 0) is 32.2 Å². The fraction of sp³-hybridized carbons (Fsp3) is 1.00. The minimum atomic E-state index is 0.709. The Balaban J connectivity index is 1.99. The predicted molar refractivity (Wildman–Crippen MR) is 49.7 cm³/mol. The van der Waals surface area contributed by atoms with Gasteiger partial charge < -0.3 is 5.32 Å². The molecule has 2 nitrogen and oxygen atoms in total. The van der Waals surface area contributed by atoms with Crippen LogP contribution in [0.5, 0.6) is 0 Å². The number of hydrogen-bond donors (Lipinski definition) is 2. The molecule has 2 heterocycles. The largest absolute Gasteiger partial charge is 0.312 e. The molecule has 2 rings (SSSR count). The Bertz CT molecular complexity index is 138. The van der Waals surface area contributed by atoms with Gasteiger partial charge in [0.2, 0.25) is 0 Å². The van der Waals surface area contributed by atoms with Crippen LogP contribution < -0.4 is 5.32 Å². The fourth-order valence-electron chi connectivity index (χ4n) is 2.23. The van der Waals surface area contributed by atoms with Crippen LogP contribution in [0.15, 0.2) is 0 Å². The zero-order valence-corrected chi connectivity index (χ0v) is 7.69. The SMILES string of the molecule is SN1CCCC2NCCCC21. The number of thiol groups is 1. The molecule has 3 heteroatoms. The Morgan fingerprint density at radius 3 is 3.00 bits per heavy atom. The lowest BCUT2D eigenvalue weighted by Crippen LogP contribution is -2.53. The van der Waals surface area contributed by atoms with E-state index in [1.54, 1.807) is 0 Å². The van der Waals surface area contributed by atoms with Gasteiger partial charge in [-0.15, -0.1) is 0 Å². The number of nitrogens with one attached hydrogen (secondary N) is 1. The average molecular weight is 172 g/mol. The molecule has 0 radical (unpaired) electrons. The van der Waals surface area contributed by atoms with Gasteiger partial charge in [-0.3, -0.25) is 0 Å². The number of hydrogen-bond acceptors (Lipinski definition) is 3. The van der Waals surface area contributed by atoms with Gasteiger partial charge in [0.1, 0.15) is 0 Å². The fourth-order valence-corrected chi connectivity index (χ4v) is 2.64. The second kappa shape index (κ2) is 3.33. The summed E-state index contributed by atoms with van der Waals surface area (Å²) in [4.78, 5) is 0. The molecule has 0 aromatic rings. The van der Waals surface area contributed by atoms with Crippen molar-refractivity contribution in [2.75, 3.05) is 13.1 Å². The molecule has 2 saturated heterocycles. The van der Waals surface area contributed by atoms with E-state index in [9.17, 15) is 0 Å². The Morgan fingerprint density at radius 2 is 2.18 bits per heavy atom. The highest BCUT2D eigenvalue weighted by Crippen LogP contribution is 2.25. The molecule has 0 amide bonds. The average Bonchev–Trinajstić information content (AvgIpc) is 2.06. The zero-order chi connectivity index (χ0) is 7.68. The lowest BCUT2D eigenvalue weighted by Gasteiger charge is -2.41. The summed E-state index contributed by atoms with van der Waals surface area (Å²) in [7, 11) is 0. The van der Waals surface area contributed by atoms with E-state index in [0.29, 0.717) is 6.04 Å². The molecular weight excluding hydrogens is 156 g/mol. The Labute approximate surface area is 73.9 Å². The maximum atomic E-state index is 4.48. The van der Waals surface area contributed by atoms with E-state index in [1.165, 1.54) is 38.8 Å². The van der Waals surface area contributed by atoms with E-state index in [-0.39, 0.29) is 0 Å².